The van der Waals surface area contributed by atoms with Crippen molar-refractivity contribution in [2.24, 2.45) is 5.73 Å². The number of nitrogens with two attached hydrogens (primary N) is 1. The first-order valence-corrected chi connectivity index (χ1v) is 7.38. The number of aryl methyl sites for hydroxylation is 1. The van der Waals surface area contributed by atoms with Crippen LogP contribution in [0.5, 0.6) is 0 Å². The molecule has 0 fully saturated rings. The van der Waals surface area contributed by atoms with Gasteiger partial charge in [-0.05, 0) is 44.4 Å². The number of amides is 2. The summed E-state index contributed by atoms with van der Waals surface area (Å²) in [5.41, 5.74) is 7.63. The molecule has 3 N–H and O–H groups in total. The number of hydrogen-bond acceptors (Lipinski definition) is 2. The van der Waals surface area contributed by atoms with Gasteiger partial charge in [0.05, 0.1) is 5.54 Å². The first-order chi connectivity index (χ1) is 9.52. The fourth-order valence-corrected chi connectivity index (χ4v) is 2.64. The Morgan fingerprint density at radius 3 is 2.40 bits per heavy atom. The van der Waals surface area contributed by atoms with Crippen LogP contribution in [-0.2, 0) is 0 Å². The molecule has 1 aromatic rings. The second-order valence-electron chi connectivity index (χ2n) is 5.18. The molecule has 0 heterocycles. The molecule has 0 atom stereocenters. The van der Waals surface area contributed by atoms with Crippen LogP contribution in [0.1, 0.15) is 39.2 Å². The van der Waals surface area contributed by atoms with E-state index < -0.39 is 0 Å². The van der Waals surface area contributed by atoms with E-state index >= 15 is 0 Å². The van der Waals surface area contributed by atoms with Crippen LogP contribution in [0, 0.1) is 6.92 Å². The maximum absolute atomic E-state index is 12.5. The SMILES string of the molecule is CCN(C(=O)Nc1cccc(C)c1)C(CC)(CC)CN. The smallest absolute Gasteiger partial charge is 0.322 e. The van der Waals surface area contributed by atoms with Crippen LogP contribution in [0.2, 0.25) is 0 Å². The third-order valence-electron chi connectivity index (χ3n) is 4.10. The van der Waals surface area contributed by atoms with Crippen LogP contribution < -0.4 is 11.1 Å². The zero-order valence-electron chi connectivity index (χ0n) is 13.1. The molecule has 0 aromatic heterocycles. The van der Waals surface area contributed by atoms with Crippen LogP contribution >= 0.6 is 0 Å². The molecule has 20 heavy (non-hydrogen) atoms. The van der Waals surface area contributed by atoms with E-state index in [1.807, 2.05) is 43.0 Å². The molecule has 0 spiro atoms. The molecule has 0 unspecified atom stereocenters. The zero-order chi connectivity index (χ0) is 15.2. The predicted molar refractivity (Wildman–Crippen MR) is 84.9 cm³/mol. The van der Waals surface area contributed by atoms with Gasteiger partial charge in [-0.2, -0.15) is 0 Å². The van der Waals surface area contributed by atoms with Crippen LogP contribution in [0.4, 0.5) is 10.5 Å². The Hall–Kier alpha value is -1.55. The maximum Gasteiger partial charge on any atom is 0.322 e. The van der Waals surface area contributed by atoms with E-state index in [2.05, 4.69) is 19.2 Å². The second-order valence-corrected chi connectivity index (χ2v) is 5.18. The second kappa shape index (κ2) is 7.29. The van der Waals surface area contributed by atoms with Gasteiger partial charge in [0.15, 0.2) is 0 Å². The highest BCUT2D eigenvalue weighted by Gasteiger charge is 2.34. The molecule has 0 saturated heterocycles. The molecule has 0 aliphatic rings. The van der Waals surface area contributed by atoms with Gasteiger partial charge in [-0.25, -0.2) is 4.79 Å². The number of carbonyl (C=O) groups is 1. The summed E-state index contributed by atoms with van der Waals surface area (Å²) in [6, 6.07) is 7.74. The van der Waals surface area contributed by atoms with Gasteiger partial charge in [-0.1, -0.05) is 26.0 Å². The van der Waals surface area contributed by atoms with Crippen molar-refractivity contribution in [2.75, 3.05) is 18.4 Å². The average Bonchev–Trinajstić information content (AvgIpc) is 2.44. The van der Waals surface area contributed by atoms with E-state index in [1.165, 1.54) is 0 Å². The van der Waals surface area contributed by atoms with Crippen molar-refractivity contribution in [1.29, 1.82) is 0 Å². The number of rotatable bonds is 6. The molecule has 2 amide bonds. The Labute approximate surface area is 122 Å². The third kappa shape index (κ3) is 3.51. The van der Waals surface area contributed by atoms with Crippen LogP contribution in [0.3, 0.4) is 0 Å². The van der Waals surface area contributed by atoms with Crippen molar-refractivity contribution in [3.63, 3.8) is 0 Å². The highest BCUT2D eigenvalue weighted by molar-refractivity contribution is 5.90. The van der Waals surface area contributed by atoms with Crippen molar-refractivity contribution in [3.05, 3.63) is 29.8 Å². The zero-order valence-corrected chi connectivity index (χ0v) is 13.1. The number of carbonyl (C=O) groups excluding carboxylic acids is 1. The molecule has 4 heteroatoms. The van der Waals surface area contributed by atoms with E-state index in [0.29, 0.717) is 13.1 Å². The molecule has 0 saturated carbocycles. The van der Waals surface area contributed by atoms with Gasteiger partial charge in [0, 0.05) is 18.8 Å². The summed E-state index contributed by atoms with van der Waals surface area (Å²) in [5, 5.41) is 2.97. The minimum absolute atomic E-state index is 0.0766. The third-order valence-corrected chi connectivity index (χ3v) is 4.10. The van der Waals surface area contributed by atoms with Crippen molar-refractivity contribution in [1.82, 2.24) is 4.90 Å². The first-order valence-electron chi connectivity index (χ1n) is 7.38. The number of urea groups is 1. The van der Waals surface area contributed by atoms with Gasteiger partial charge in [-0.15, -0.1) is 0 Å². The standard InChI is InChI=1S/C16H27N3O/c1-5-16(6-2,12-17)19(7-3)15(20)18-14-10-8-9-13(4)11-14/h8-11H,5-7,12,17H2,1-4H3,(H,18,20). The number of hydrogen-bond donors (Lipinski definition) is 2. The van der Waals surface area contributed by atoms with Gasteiger partial charge in [-0.3, -0.25) is 0 Å². The summed E-state index contributed by atoms with van der Waals surface area (Å²) in [4.78, 5) is 14.4. The van der Waals surface area contributed by atoms with Gasteiger partial charge in [0.2, 0.25) is 0 Å². The Balaban J connectivity index is 2.92. The lowest BCUT2D eigenvalue weighted by Gasteiger charge is -2.41. The quantitative estimate of drug-likeness (QED) is 0.837. The van der Waals surface area contributed by atoms with Crippen LogP contribution in [0.15, 0.2) is 24.3 Å². The van der Waals surface area contributed by atoms with E-state index in [9.17, 15) is 4.79 Å². The molecular formula is C16H27N3O. The molecule has 1 aromatic carbocycles. The monoisotopic (exact) mass is 277 g/mol. The molecule has 4 nitrogen and oxygen atoms in total. The summed E-state index contributed by atoms with van der Waals surface area (Å²) < 4.78 is 0. The van der Waals surface area contributed by atoms with E-state index in [0.717, 1.165) is 24.1 Å². The number of benzene rings is 1. The molecule has 0 bridgehead atoms. The first kappa shape index (κ1) is 16.5. The Bertz CT molecular complexity index is 433. The lowest BCUT2D eigenvalue weighted by atomic mass is 9.91. The summed E-state index contributed by atoms with van der Waals surface area (Å²) in [7, 11) is 0. The molecule has 0 aliphatic heterocycles. The predicted octanol–water partition coefficient (Wildman–Crippen LogP) is 3.37. The van der Waals surface area contributed by atoms with Crippen molar-refractivity contribution in [3.8, 4) is 0 Å². The molecular weight excluding hydrogens is 250 g/mol. The highest BCUT2D eigenvalue weighted by Crippen LogP contribution is 2.24. The van der Waals surface area contributed by atoms with Gasteiger partial charge < -0.3 is 16.0 Å². The summed E-state index contributed by atoms with van der Waals surface area (Å²) in [5.74, 6) is 0. The number of nitrogens with one attached hydrogen (secondary N) is 1. The Morgan fingerprint density at radius 1 is 1.30 bits per heavy atom. The lowest BCUT2D eigenvalue weighted by molar-refractivity contribution is 0.122. The van der Waals surface area contributed by atoms with E-state index in [4.69, 9.17) is 5.73 Å². The van der Waals surface area contributed by atoms with Gasteiger partial charge >= 0.3 is 6.03 Å². The topological polar surface area (TPSA) is 58.4 Å². The largest absolute Gasteiger partial charge is 0.328 e. The summed E-state index contributed by atoms with van der Waals surface area (Å²) in [6.07, 6.45) is 1.71. The Morgan fingerprint density at radius 2 is 1.95 bits per heavy atom. The molecule has 112 valence electrons. The number of nitrogens with zero attached hydrogens (tertiary/aromatic N) is 1. The maximum atomic E-state index is 12.5. The number of anilines is 1. The van der Waals surface area contributed by atoms with Crippen molar-refractivity contribution < 1.29 is 4.79 Å². The lowest BCUT2D eigenvalue weighted by Crippen LogP contribution is -2.56. The van der Waals surface area contributed by atoms with Crippen LogP contribution in [-0.4, -0.2) is 29.6 Å². The fourth-order valence-electron chi connectivity index (χ4n) is 2.64. The fraction of sp³-hybridized carbons (Fsp3) is 0.562. The molecule has 1 rings (SSSR count). The Kier molecular flexibility index (Phi) is 6.02. The average molecular weight is 277 g/mol. The van der Waals surface area contributed by atoms with Gasteiger partial charge in [0.25, 0.3) is 0 Å². The molecule has 0 aliphatic carbocycles. The summed E-state index contributed by atoms with van der Waals surface area (Å²) in [6.45, 7) is 9.30. The minimum Gasteiger partial charge on any atom is -0.328 e. The minimum atomic E-state index is -0.261. The van der Waals surface area contributed by atoms with Crippen molar-refractivity contribution in [2.45, 2.75) is 46.1 Å². The van der Waals surface area contributed by atoms with E-state index in [-0.39, 0.29) is 11.6 Å². The number of likely N-dealkylation sites (N-methyl/N-ethyl adjacent to an activating group) is 1. The molecule has 0 radical (unpaired) electrons. The summed E-state index contributed by atoms with van der Waals surface area (Å²) >= 11 is 0. The normalized spacial score (nSPS) is 11.2. The highest BCUT2D eigenvalue weighted by atomic mass is 16.2. The van der Waals surface area contributed by atoms with Gasteiger partial charge in [0.1, 0.15) is 0 Å². The van der Waals surface area contributed by atoms with Crippen LogP contribution in [0.25, 0.3) is 0 Å². The van der Waals surface area contributed by atoms with E-state index in [1.54, 1.807) is 0 Å². The van der Waals surface area contributed by atoms with Crippen molar-refractivity contribution >= 4 is 11.7 Å².